The second-order valence-electron chi connectivity index (χ2n) is 4.00. The van der Waals surface area contributed by atoms with Crippen molar-refractivity contribution >= 4 is 44.8 Å². The van der Waals surface area contributed by atoms with Crippen molar-refractivity contribution in [1.29, 1.82) is 0 Å². The van der Waals surface area contributed by atoms with Crippen LogP contribution in [0.15, 0.2) is 46.9 Å². The number of nitrogens with two attached hydrogens (primary N) is 1. The van der Waals surface area contributed by atoms with E-state index in [0.29, 0.717) is 26.6 Å². The molecule has 0 aromatic heterocycles. The van der Waals surface area contributed by atoms with Gasteiger partial charge >= 0.3 is 0 Å². The van der Waals surface area contributed by atoms with Gasteiger partial charge in [0.25, 0.3) is 5.91 Å². The van der Waals surface area contributed by atoms with E-state index in [4.69, 9.17) is 22.1 Å². The molecule has 2 aromatic carbocycles. The first-order valence-corrected chi connectivity index (χ1v) is 6.95. The summed E-state index contributed by atoms with van der Waals surface area (Å²) in [6.07, 6.45) is 0. The van der Waals surface area contributed by atoms with Gasteiger partial charge < -0.3 is 15.8 Å². The Morgan fingerprint density at radius 1 is 1.25 bits per heavy atom. The Balaban J connectivity index is 1.92. The lowest BCUT2D eigenvalue weighted by Gasteiger charge is -2.10. The van der Waals surface area contributed by atoms with Crippen molar-refractivity contribution in [2.24, 2.45) is 0 Å². The Kier molecular flexibility index (Phi) is 4.87. The van der Waals surface area contributed by atoms with E-state index in [0.717, 1.165) is 0 Å². The number of rotatable bonds is 4. The Bertz CT molecular complexity index is 617. The molecule has 2 rings (SSSR count). The van der Waals surface area contributed by atoms with E-state index in [-0.39, 0.29) is 12.5 Å². The van der Waals surface area contributed by atoms with Crippen LogP contribution in [0.1, 0.15) is 0 Å². The number of carbonyl (C=O) groups excluding carboxylic acids is 1. The van der Waals surface area contributed by atoms with Gasteiger partial charge in [-0.1, -0.05) is 17.7 Å². The van der Waals surface area contributed by atoms with Crippen LogP contribution in [0.5, 0.6) is 5.75 Å². The number of amides is 1. The van der Waals surface area contributed by atoms with E-state index in [1.165, 1.54) is 0 Å². The van der Waals surface area contributed by atoms with Crippen LogP contribution in [0.4, 0.5) is 11.4 Å². The van der Waals surface area contributed by atoms with Crippen LogP contribution in [-0.4, -0.2) is 12.5 Å². The minimum atomic E-state index is -0.262. The van der Waals surface area contributed by atoms with Crippen LogP contribution in [-0.2, 0) is 4.79 Å². The highest BCUT2D eigenvalue weighted by molar-refractivity contribution is 9.10. The second kappa shape index (κ2) is 6.63. The highest BCUT2D eigenvalue weighted by Gasteiger charge is 2.07. The third-order valence-electron chi connectivity index (χ3n) is 2.48. The smallest absolute Gasteiger partial charge is 0.262 e. The number of anilines is 2. The first-order chi connectivity index (χ1) is 9.56. The number of nitrogens with one attached hydrogen (secondary N) is 1. The molecule has 1 amide bonds. The van der Waals surface area contributed by atoms with Crippen molar-refractivity contribution in [3.8, 4) is 5.75 Å². The van der Waals surface area contributed by atoms with Crippen LogP contribution in [0, 0.1) is 0 Å². The fraction of sp³-hybridized carbons (Fsp3) is 0.0714. The molecule has 6 heteroatoms. The average molecular weight is 356 g/mol. The predicted molar refractivity (Wildman–Crippen MR) is 84.1 cm³/mol. The fourth-order valence-electron chi connectivity index (χ4n) is 1.51. The number of hydrogen-bond acceptors (Lipinski definition) is 3. The van der Waals surface area contributed by atoms with Gasteiger partial charge in [0.1, 0.15) is 5.75 Å². The summed E-state index contributed by atoms with van der Waals surface area (Å²) in [6.45, 7) is -0.106. The molecule has 0 spiro atoms. The number of hydrogen-bond donors (Lipinski definition) is 2. The van der Waals surface area contributed by atoms with Gasteiger partial charge in [-0.25, -0.2) is 0 Å². The van der Waals surface area contributed by atoms with Gasteiger partial charge in [0.05, 0.1) is 4.47 Å². The van der Waals surface area contributed by atoms with Gasteiger partial charge in [0, 0.05) is 16.4 Å². The molecule has 0 bridgehead atoms. The summed E-state index contributed by atoms with van der Waals surface area (Å²) in [5, 5.41) is 3.32. The molecule has 0 saturated heterocycles. The van der Waals surface area contributed by atoms with Gasteiger partial charge in [-0.15, -0.1) is 0 Å². The molecule has 0 aliphatic heterocycles. The highest BCUT2D eigenvalue weighted by Crippen LogP contribution is 2.30. The summed E-state index contributed by atoms with van der Waals surface area (Å²) in [6, 6.07) is 12.1. The lowest BCUT2D eigenvalue weighted by Crippen LogP contribution is -2.20. The zero-order valence-electron chi connectivity index (χ0n) is 10.4. The molecule has 0 aliphatic carbocycles. The summed E-state index contributed by atoms with van der Waals surface area (Å²) in [5.74, 6) is 0.262. The van der Waals surface area contributed by atoms with Crippen molar-refractivity contribution in [1.82, 2.24) is 0 Å². The van der Waals surface area contributed by atoms with Crippen LogP contribution >= 0.6 is 27.5 Å². The van der Waals surface area contributed by atoms with Crippen molar-refractivity contribution in [3.63, 3.8) is 0 Å². The predicted octanol–water partition coefficient (Wildman–Crippen LogP) is 3.70. The standard InChI is InChI=1S/C14H12BrClN2O2/c15-14-11(17)2-1-3-12(14)20-8-13(19)18-10-6-4-9(16)5-7-10/h1-7H,8,17H2,(H,18,19). The van der Waals surface area contributed by atoms with E-state index in [9.17, 15) is 4.79 Å². The minimum Gasteiger partial charge on any atom is -0.483 e. The molecule has 2 aromatic rings. The van der Waals surface area contributed by atoms with Gasteiger partial charge in [-0.05, 0) is 52.3 Å². The molecule has 3 N–H and O–H groups in total. The molecule has 20 heavy (non-hydrogen) atoms. The van der Waals surface area contributed by atoms with Gasteiger partial charge in [-0.2, -0.15) is 0 Å². The van der Waals surface area contributed by atoms with Crippen LogP contribution in [0.3, 0.4) is 0 Å². The Labute approximate surface area is 130 Å². The van der Waals surface area contributed by atoms with Crippen molar-refractivity contribution in [2.75, 3.05) is 17.7 Å². The number of carbonyl (C=O) groups is 1. The maximum atomic E-state index is 11.8. The van der Waals surface area contributed by atoms with E-state index >= 15 is 0 Å². The minimum absolute atomic E-state index is 0.106. The Hall–Kier alpha value is -1.72. The van der Waals surface area contributed by atoms with E-state index in [1.54, 1.807) is 42.5 Å². The number of halogens is 2. The maximum Gasteiger partial charge on any atom is 0.262 e. The summed E-state index contributed by atoms with van der Waals surface area (Å²) in [4.78, 5) is 11.8. The summed E-state index contributed by atoms with van der Waals surface area (Å²) >= 11 is 9.08. The van der Waals surface area contributed by atoms with E-state index in [1.807, 2.05) is 0 Å². The van der Waals surface area contributed by atoms with Crippen molar-refractivity contribution in [2.45, 2.75) is 0 Å². The molecular formula is C14H12BrClN2O2. The molecule has 0 fully saturated rings. The topological polar surface area (TPSA) is 64.3 Å². The first kappa shape index (κ1) is 14.7. The fourth-order valence-corrected chi connectivity index (χ4v) is 2.02. The summed E-state index contributed by atoms with van der Waals surface area (Å²) in [7, 11) is 0. The third kappa shape index (κ3) is 3.88. The zero-order chi connectivity index (χ0) is 14.5. The molecule has 104 valence electrons. The largest absolute Gasteiger partial charge is 0.483 e. The van der Waals surface area contributed by atoms with E-state index in [2.05, 4.69) is 21.2 Å². The second-order valence-corrected chi connectivity index (χ2v) is 5.23. The molecule has 0 heterocycles. The lowest BCUT2D eigenvalue weighted by molar-refractivity contribution is -0.118. The Morgan fingerprint density at radius 3 is 2.65 bits per heavy atom. The van der Waals surface area contributed by atoms with Crippen molar-refractivity contribution < 1.29 is 9.53 Å². The highest BCUT2D eigenvalue weighted by atomic mass is 79.9. The van der Waals surface area contributed by atoms with Crippen LogP contribution in [0.25, 0.3) is 0 Å². The molecule has 0 saturated carbocycles. The van der Waals surface area contributed by atoms with Gasteiger partial charge in [-0.3, -0.25) is 4.79 Å². The third-order valence-corrected chi connectivity index (χ3v) is 3.58. The Morgan fingerprint density at radius 2 is 1.95 bits per heavy atom. The quantitative estimate of drug-likeness (QED) is 0.822. The molecular weight excluding hydrogens is 344 g/mol. The maximum absolute atomic E-state index is 11.8. The van der Waals surface area contributed by atoms with Crippen molar-refractivity contribution in [3.05, 3.63) is 52.0 Å². The SMILES string of the molecule is Nc1cccc(OCC(=O)Nc2ccc(Cl)cc2)c1Br. The van der Waals surface area contributed by atoms with Gasteiger partial charge in [0.15, 0.2) is 6.61 Å². The molecule has 0 radical (unpaired) electrons. The van der Waals surface area contributed by atoms with Gasteiger partial charge in [0.2, 0.25) is 0 Å². The normalized spacial score (nSPS) is 10.1. The zero-order valence-corrected chi connectivity index (χ0v) is 12.7. The molecule has 0 aliphatic rings. The van der Waals surface area contributed by atoms with Crippen LogP contribution in [0.2, 0.25) is 5.02 Å². The van der Waals surface area contributed by atoms with Crippen LogP contribution < -0.4 is 15.8 Å². The molecule has 0 atom stereocenters. The average Bonchev–Trinajstić information content (AvgIpc) is 2.43. The lowest BCUT2D eigenvalue weighted by atomic mass is 10.3. The summed E-state index contributed by atoms with van der Waals surface area (Å²) in [5.41, 5.74) is 6.94. The first-order valence-electron chi connectivity index (χ1n) is 5.78. The van der Waals surface area contributed by atoms with E-state index < -0.39 is 0 Å². The number of ether oxygens (including phenoxy) is 1. The number of benzene rings is 2. The summed E-state index contributed by atoms with van der Waals surface area (Å²) < 4.78 is 6.05. The molecule has 4 nitrogen and oxygen atoms in total. The molecule has 0 unspecified atom stereocenters. The number of nitrogen functional groups attached to an aromatic ring is 1. The monoisotopic (exact) mass is 354 g/mol.